The lowest BCUT2D eigenvalue weighted by Crippen LogP contribution is -2.36. The van der Waals surface area contributed by atoms with E-state index in [1.165, 1.54) is 37.8 Å². The Kier molecular flexibility index (Phi) is 5.00. The van der Waals surface area contributed by atoms with Crippen LogP contribution in [0.5, 0.6) is 0 Å². The van der Waals surface area contributed by atoms with Crippen LogP contribution in [0.2, 0.25) is 0 Å². The average molecular weight is 259 g/mol. The fourth-order valence-electron chi connectivity index (χ4n) is 3.09. The van der Waals surface area contributed by atoms with Crippen molar-refractivity contribution in [3.05, 3.63) is 29.8 Å². The van der Waals surface area contributed by atoms with Crippen LogP contribution >= 0.6 is 0 Å². The molecule has 104 valence electrons. The topological polar surface area (TPSA) is 20.3 Å². The van der Waals surface area contributed by atoms with Crippen LogP contribution in [-0.4, -0.2) is 18.4 Å². The van der Waals surface area contributed by atoms with Gasteiger partial charge in [-0.05, 0) is 44.0 Å². The summed E-state index contributed by atoms with van der Waals surface area (Å²) in [6, 6.07) is 8.87. The number of ketones is 1. The Hall–Kier alpha value is -1.31. The lowest BCUT2D eigenvalue weighted by atomic mass is 9.93. The molecule has 0 N–H and O–H groups in total. The molecule has 0 unspecified atom stereocenters. The maximum Gasteiger partial charge on any atom is 0.162 e. The molecule has 0 aliphatic heterocycles. The Morgan fingerprint density at radius 3 is 2.26 bits per heavy atom. The monoisotopic (exact) mass is 259 g/mol. The maximum atomic E-state index is 11.7. The molecule has 1 aliphatic rings. The van der Waals surface area contributed by atoms with Gasteiger partial charge in [0.15, 0.2) is 5.78 Å². The second kappa shape index (κ2) is 6.74. The zero-order valence-electron chi connectivity index (χ0n) is 12.2. The van der Waals surface area contributed by atoms with Gasteiger partial charge in [-0.3, -0.25) is 4.79 Å². The highest BCUT2D eigenvalue weighted by molar-refractivity contribution is 5.96. The number of benzene rings is 1. The molecular weight excluding hydrogens is 234 g/mol. The fraction of sp³-hybridized carbons (Fsp3) is 0.588. The van der Waals surface area contributed by atoms with E-state index in [1.807, 2.05) is 19.1 Å². The molecule has 1 saturated carbocycles. The molecule has 0 bridgehead atoms. The van der Waals surface area contributed by atoms with Crippen LogP contribution < -0.4 is 4.90 Å². The van der Waals surface area contributed by atoms with Gasteiger partial charge in [0, 0.05) is 30.3 Å². The molecule has 0 atom stereocenters. The van der Waals surface area contributed by atoms with Crippen LogP contribution in [0.4, 0.5) is 5.69 Å². The van der Waals surface area contributed by atoms with Crippen molar-refractivity contribution in [2.45, 2.75) is 58.4 Å². The van der Waals surface area contributed by atoms with E-state index in [9.17, 15) is 4.79 Å². The summed E-state index contributed by atoms with van der Waals surface area (Å²) in [5.41, 5.74) is 2.10. The van der Waals surface area contributed by atoms with E-state index in [1.54, 1.807) is 0 Å². The Bertz CT molecular complexity index is 404. The van der Waals surface area contributed by atoms with Gasteiger partial charge in [0.1, 0.15) is 0 Å². The summed E-state index contributed by atoms with van der Waals surface area (Å²) in [5.74, 6) is 0.229. The highest BCUT2D eigenvalue weighted by Gasteiger charge is 2.20. The van der Waals surface area contributed by atoms with E-state index in [4.69, 9.17) is 0 Å². The van der Waals surface area contributed by atoms with E-state index in [-0.39, 0.29) is 5.78 Å². The van der Waals surface area contributed by atoms with E-state index in [2.05, 4.69) is 24.0 Å². The summed E-state index contributed by atoms with van der Waals surface area (Å²) in [6.45, 7) is 5.18. The van der Waals surface area contributed by atoms with Gasteiger partial charge in [-0.1, -0.05) is 26.2 Å². The molecule has 0 saturated heterocycles. The normalized spacial score (nSPS) is 16.3. The Balaban J connectivity index is 2.12. The first-order valence-corrected chi connectivity index (χ1v) is 7.66. The van der Waals surface area contributed by atoms with Gasteiger partial charge < -0.3 is 4.90 Å². The third-order valence-electron chi connectivity index (χ3n) is 4.20. The molecule has 0 aromatic heterocycles. The predicted octanol–water partition coefficient (Wildman–Crippen LogP) is 4.44. The highest BCUT2D eigenvalue weighted by atomic mass is 16.1. The minimum atomic E-state index is 0.229. The van der Waals surface area contributed by atoms with Gasteiger partial charge in [0.05, 0.1) is 0 Å². The standard InChI is InChI=1S/C17H25NO/c1-3-17(19)14-10-12-16(13-11-14)18(4-2)15-8-6-5-7-9-15/h10-13,15H,3-9H2,1-2H3. The fourth-order valence-corrected chi connectivity index (χ4v) is 3.09. The lowest BCUT2D eigenvalue weighted by Gasteiger charge is -2.35. The maximum absolute atomic E-state index is 11.7. The summed E-state index contributed by atoms with van der Waals surface area (Å²) >= 11 is 0. The molecular formula is C17H25NO. The highest BCUT2D eigenvalue weighted by Crippen LogP contribution is 2.27. The molecule has 0 heterocycles. The van der Waals surface area contributed by atoms with Gasteiger partial charge in [-0.2, -0.15) is 0 Å². The van der Waals surface area contributed by atoms with Crippen molar-refractivity contribution in [2.24, 2.45) is 0 Å². The van der Waals surface area contributed by atoms with Gasteiger partial charge in [-0.15, -0.1) is 0 Å². The molecule has 0 radical (unpaired) electrons. The predicted molar refractivity (Wildman–Crippen MR) is 81.0 cm³/mol. The lowest BCUT2D eigenvalue weighted by molar-refractivity contribution is 0.0988. The Morgan fingerprint density at radius 2 is 1.74 bits per heavy atom. The number of carbonyl (C=O) groups excluding carboxylic acids is 1. The van der Waals surface area contributed by atoms with Gasteiger partial charge in [-0.25, -0.2) is 0 Å². The van der Waals surface area contributed by atoms with Crippen LogP contribution in [0.1, 0.15) is 62.7 Å². The number of hydrogen-bond acceptors (Lipinski definition) is 2. The van der Waals surface area contributed by atoms with E-state index in [0.717, 1.165) is 12.1 Å². The largest absolute Gasteiger partial charge is 0.369 e. The minimum Gasteiger partial charge on any atom is -0.369 e. The van der Waals surface area contributed by atoms with Crippen LogP contribution in [0.3, 0.4) is 0 Å². The molecule has 0 spiro atoms. The van der Waals surface area contributed by atoms with Crippen molar-refractivity contribution in [2.75, 3.05) is 11.4 Å². The summed E-state index contributed by atoms with van der Waals surface area (Å²) in [7, 11) is 0. The molecule has 1 aromatic carbocycles. The summed E-state index contributed by atoms with van der Waals surface area (Å²) in [6.07, 6.45) is 7.30. The van der Waals surface area contributed by atoms with E-state index >= 15 is 0 Å². The van der Waals surface area contributed by atoms with Gasteiger partial charge >= 0.3 is 0 Å². The van der Waals surface area contributed by atoms with Crippen LogP contribution in [0.25, 0.3) is 0 Å². The molecule has 2 rings (SSSR count). The van der Waals surface area contributed by atoms with Gasteiger partial charge in [0.25, 0.3) is 0 Å². The quantitative estimate of drug-likeness (QED) is 0.729. The van der Waals surface area contributed by atoms with Crippen LogP contribution in [-0.2, 0) is 0 Å². The number of Topliss-reactive ketones (excluding diaryl/α,β-unsaturated/α-hetero) is 1. The van der Waals surface area contributed by atoms with Crippen LogP contribution in [0, 0.1) is 0 Å². The zero-order valence-corrected chi connectivity index (χ0v) is 12.2. The Labute approximate surface area is 116 Å². The van der Waals surface area contributed by atoms with E-state index in [0.29, 0.717) is 12.5 Å². The summed E-state index contributed by atoms with van der Waals surface area (Å²) < 4.78 is 0. The zero-order chi connectivity index (χ0) is 13.7. The van der Waals surface area contributed by atoms with Crippen molar-refractivity contribution in [1.82, 2.24) is 0 Å². The number of rotatable bonds is 5. The second-order valence-electron chi connectivity index (χ2n) is 5.40. The molecule has 1 aliphatic carbocycles. The number of hydrogen-bond donors (Lipinski definition) is 0. The van der Waals surface area contributed by atoms with Crippen molar-refractivity contribution >= 4 is 11.5 Å². The molecule has 19 heavy (non-hydrogen) atoms. The first-order chi connectivity index (χ1) is 9.26. The SMILES string of the molecule is CCC(=O)c1ccc(N(CC)C2CCCCC2)cc1. The molecule has 2 heteroatoms. The molecule has 2 nitrogen and oxygen atoms in total. The van der Waals surface area contributed by atoms with Crippen molar-refractivity contribution < 1.29 is 4.79 Å². The molecule has 1 aromatic rings. The number of carbonyl (C=O) groups is 1. The van der Waals surface area contributed by atoms with E-state index < -0.39 is 0 Å². The molecule has 1 fully saturated rings. The summed E-state index contributed by atoms with van der Waals surface area (Å²) in [5, 5.41) is 0. The average Bonchev–Trinajstić information content (AvgIpc) is 2.49. The second-order valence-corrected chi connectivity index (χ2v) is 5.40. The first kappa shape index (κ1) is 14.1. The van der Waals surface area contributed by atoms with Gasteiger partial charge in [0.2, 0.25) is 0 Å². The summed E-state index contributed by atoms with van der Waals surface area (Å²) in [4.78, 5) is 14.2. The third kappa shape index (κ3) is 3.37. The van der Waals surface area contributed by atoms with Crippen molar-refractivity contribution in [1.29, 1.82) is 0 Å². The number of nitrogens with zero attached hydrogens (tertiary/aromatic N) is 1. The number of anilines is 1. The smallest absolute Gasteiger partial charge is 0.162 e. The minimum absolute atomic E-state index is 0.229. The first-order valence-electron chi connectivity index (χ1n) is 7.66. The van der Waals surface area contributed by atoms with Crippen molar-refractivity contribution in [3.63, 3.8) is 0 Å². The van der Waals surface area contributed by atoms with Crippen LogP contribution in [0.15, 0.2) is 24.3 Å². The Morgan fingerprint density at radius 1 is 1.11 bits per heavy atom. The van der Waals surface area contributed by atoms with Crippen molar-refractivity contribution in [3.8, 4) is 0 Å². The molecule has 0 amide bonds. The third-order valence-corrected chi connectivity index (χ3v) is 4.20.